The second kappa shape index (κ2) is 7.48. The molecule has 70 valence electrons. The highest BCUT2D eigenvalue weighted by Crippen LogP contribution is 1.93. The van der Waals surface area contributed by atoms with Crippen LogP contribution < -0.4 is 5.73 Å². The van der Waals surface area contributed by atoms with Gasteiger partial charge in [-0.2, -0.15) is 0 Å². The van der Waals surface area contributed by atoms with E-state index < -0.39 is 11.1 Å². The first-order chi connectivity index (χ1) is 5.41. The molecule has 0 bridgehead atoms. The standard InChI is InChI=1S/C5H9NO2.HNO3/c1-4(2-3-6)5(7)8;2-1(3)4/h1-3,6H2,(H,7,8);(H,2,3,4). The number of hydrogen-bond acceptors (Lipinski definition) is 4. The van der Waals surface area contributed by atoms with Gasteiger partial charge in [-0.25, -0.2) is 4.79 Å². The molecule has 0 aliphatic carbocycles. The van der Waals surface area contributed by atoms with E-state index in [4.69, 9.17) is 26.2 Å². The van der Waals surface area contributed by atoms with Crippen LogP contribution in [0.1, 0.15) is 6.42 Å². The third-order valence-electron chi connectivity index (χ3n) is 0.749. The van der Waals surface area contributed by atoms with E-state index in [0.29, 0.717) is 13.0 Å². The molecular weight excluding hydrogens is 168 g/mol. The lowest BCUT2D eigenvalue weighted by Crippen LogP contribution is -2.06. The maximum atomic E-state index is 9.93. The lowest BCUT2D eigenvalue weighted by molar-refractivity contribution is -0.742. The van der Waals surface area contributed by atoms with Crippen LogP contribution in [0.4, 0.5) is 0 Å². The highest BCUT2D eigenvalue weighted by atomic mass is 16.9. The molecular formula is C5H10N2O5. The molecule has 0 heterocycles. The highest BCUT2D eigenvalue weighted by molar-refractivity contribution is 5.85. The third kappa shape index (κ3) is 15.8. The van der Waals surface area contributed by atoms with Crippen molar-refractivity contribution in [3.05, 3.63) is 22.3 Å². The van der Waals surface area contributed by atoms with Crippen molar-refractivity contribution < 1.29 is 20.2 Å². The first-order valence-corrected chi connectivity index (χ1v) is 2.86. The average molecular weight is 178 g/mol. The quantitative estimate of drug-likeness (QED) is 0.307. The number of rotatable bonds is 3. The fourth-order valence-corrected chi connectivity index (χ4v) is 0.281. The molecule has 0 radical (unpaired) electrons. The topological polar surface area (TPSA) is 127 Å². The van der Waals surface area contributed by atoms with Crippen molar-refractivity contribution in [2.45, 2.75) is 6.42 Å². The van der Waals surface area contributed by atoms with Gasteiger partial charge in [-0.05, 0) is 13.0 Å². The summed E-state index contributed by atoms with van der Waals surface area (Å²) in [6.45, 7) is 3.62. The minimum absolute atomic E-state index is 0.174. The van der Waals surface area contributed by atoms with Crippen molar-refractivity contribution in [2.75, 3.05) is 6.54 Å². The summed E-state index contributed by atoms with van der Waals surface area (Å²) in [5, 5.41) is 21.8. The van der Waals surface area contributed by atoms with Crippen LogP contribution in [0.2, 0.25) is 0 Å². The van der Waals surface area contributed by atoms with Crippen LogP contribution in [0.15, 0.2) is 12.2 Å². The lowest BCUT2D eigenvalue weighted by Gasteiger charge is -1.92. The molecule has 0 rings (SSSR count). The molecule has 0 saturated carbocycles. The Labute approximate surface area is 68.2 Å². The van der Waals surface area contributed by atoms with E-state index in [2.05, 4.69) is 6.58 Å². The third-order valence-corrected chi connectivity index (χ3v) is 0.749. The Balaban J connectivity index is 0. The Morgan fingerprint density at radius 1 is 1.67 bits per heavy atom. The number of carboxylic acids is 1. The first-order valence-electron chi connectivity index (χ1n) is 2.86. The molecule has 0 aliphatic heterocycles. The van der Waals surface area contributed by atoms with Gasteiger partial charge in [-0.1, -0.05) is 6.58 Å². The molecule has 0 amide bonds. The number of carbonyl (C=O) groups is 1. The molecule has 0 aromatic carbocycles. The van der Waals surface area contributed by atoms with Crippen molar-refractivity contribution in [3.8, 4) is 0 Å². The molecule has 0 aromatic rings. The Kier molecular flexibility index (Phi) is 8.10. The Bertz CT molecular complexity index is 175. The van der Waals surface area contributed by atoms with E-state index >= 15 is 0 Å². The zero-order valence-electron chi connectivity index (χ0n) is 6.27. The summed E-state index contributed by atoms with van der Waals surface area (Å²) >= 11 is 0. The zero-order valence-corrected chi connectivity index (χ0v) is 6.27. The van der Waals surface area contributed by atoms with Crippen molar-refractivity contribution in [2.24, 2.45) is 5.73 Å². The first kappa shape index (κ1) is 13.0. The number of carboxylic acid groups (broad SMARTS) is 1. The molecule has 0 fully saturated rings. The Hall–Kier alpha value is -1.63. The molecule has 0 unspecified atom stereocenters. The second-order valence-corrected chi connectivity index (χ2v) is 1.69. The summed E-state index contributed by atoms with van der Waals surface area (Å²) in [5.41, 5.74) is 5.22. The second-order valence-electron chi connectivity index (χ2n) is 1.69. The van der Waals surface area contributed by atoms with E-state index in [1.165, 1.54) is 0 Å². The Morgan fingerprint density at radius 2 is 2.00 bits per heavy atom. The van der Waals surface area contributed by atoms with E-state index in [1.54, 1.807) is 0 Å². The summed E-state index contributed by atoms with van der Waals surface area (Å²) in [4.78, 5) is 18.3. The van der Waals surface area contributed by atoms with Gasteiger partial charge >= 0.3 is 5.97 Å². The van der Waals surface area contributed by atoms with Crippen LogP contribution in [-0.4, -0.2) is 27.9 Å². The summed E-state index contributed by atoms with van der Waals surface area (Å²) in [7, 11) is 0. The minimum atomic E-state index is -1.50. The SMILES string of the molecule is C=C(CCN)C(=O)O.O=[N+]([O-])O. The summed E-state index contributed by atoms with van der Waals surface area (Å²) in [6.07, 6.45) is 0.370. The maximum absolute atomic E-state index is 9.93. The van der Waals surface area contributed by atoms with Gasteiger partial charge in [0, 0.05) is 5.57 Å². The predicted octanol–water partition coefficient (Wildman–Crippen LogP) is -0.372. The van der Waals surface area contributed by atoms with Crippen molar-refractivity contribution in [3.63, 3.8) is 0 Å². The van der Waals surface area contributed by atoms with Gasteiger partial charge in [0.1, 0.15) is 0 Å². The van der Waals surface area contributed by atoms with Crippen LogP contribution in [-0.2, 0) is 4.79 Å². The molecule has 7 nitrogen and oxygen atoms in total. The Morgan fingerprint density at radius 3 is 2.08 bits per heavy atom. The van der Waals surface area contributed by atoms with Crippen LogP contribution >= 0.6 is 0 Å². The van der Waals surface area contributed by atoms with Crippen molar-refractivity contribution >= 4 is 5.97 Å². The van der Waals surface area contributed by atoms with Gasteiger partial charge in [0.2, 0.25) is 0 Å². The van der Waals surface area contributed by atoms with Gasteiger partial charge < -0.3 is 16.0 Å². The molecule has 0 saturated heterocycles. The lowest BCUT2D eigenvalue weighted by atomic mass is 10.2. The highest BCUT2D eigenvalue weighted by Gasteiger charge is 1.99. The largest absolute Gasteiger partial charge is 0.478 e. The van der Waals surface area contributed by atoms with Gasteiger partial charge in [0.25, 0.3) is 5.09 Å². The van der Waals surface area contributed by atoms with E-state index in [0.717, 1.165) is 0 Å². The number of hydrogen-bond donors (Lipinski definition) is 3. The minimum Gasteiger partial charge on any atom is -0.478 e. The van der Waals surface area contributed by atoms with Crippen LogP contribution in [0.25, 0.3) is 0 Å². The summed E-state index contributed by atoms with van der Waals surface area (Å²) in [6, 6.07) is 0. The fourth-order valence-electron chi connectivity index (χ4n) is 0.281. The summed E-state index contributed by atoms with van der Waals surface area (Å²) in [5.74, 6) is -0.963. The van der Waals surface area contributed by atoms with E-state index in [9.17, 15) is 4.79 Å². The number of nitrogens with two attached hydrogens (primary N) is 1. The van der Waals surface area contributed by atoms with Crippen LogP contribution in [0, 0.1) is 10.1 Å². The molecule has 4 N–H and O–H groups in total. The van der Waals surface area contributed by atoms with Crippen LogP contribution in [0.5, 0.6) is 0 Å². The summed E-state index contributed by atoms with van der Waals surface area (Å²) < 4.78 is 0. The number of aliphatic carboxylic acids is 1. The molecule has 0 spiro atoms. The molecule has 12 heavy (non-hydrogen) atoms. The van der Waals surface area contributed by atoms with E-state index in [-0.39, 0.29) is 5.57 Å². The molecule has 0 aromatic heterocycles. The zero-order chi connectivity index (χ0) is 10.1. The smallest absolute Gasteiger partial charge is 0.330 e. The molecule has 0 aliphatic rings. The van der Waals surface area contributed by atoms with Gasteiger partial charge in [0.05, 0.1) is 0 Å². The van der Waals surface area contributed by atoms with Crippen molar-refractivity contribution in [1.82, 2.24) is 0 Å². The average Bonchev–Trinajstić information content (AvgIpc) is 1.86. The van der Waals surface area contributed by atoms with Crippen molar-refractivity contribution in [1.29, 1.82) is 0 Å². The van der Waals surface area contributed by atoms with Crippen LogP contribution in [0.3, 0.4) is 0 Å². The van der Waals surface area contributed by atoms with Gasteiger partial charge in [0.15, 0.2) is 0 Å². The predicted molar refractivity (Wildman–Crippen MR) is 39.2 cm³/mol. The fraction of sp³-hybridized carbons (Fsp3) is 0.400. The van der Waals surface area contributed by atoms with Gasteiger partial charge in [-0.3, -0.25) is 0 Å². The maximum Gasteiger partial charge on any atom is 0.330 e. The van der Waals surface area contributed by atoms with E-state index in [1.807, 2.05) is 0 Å². The molecule has 7 heteroatoms. The molecule has 0 atom stereocenters. The normalized spacial score (nSPS) is 7.75. The number of nitrogens with zero attached hydrogens (tertiary/aromatic N) is 1. The monoisotopic (exact) mass is 178 g/mol. The van der Waals surface area contributed by atoms with Gasteiger partial charge in [-0.15, -0.1) is 10.1 Å².